The largest absolute Gasteiger partial charge is 0.489 e. The summed E-state index contributed by atoms with van der Waals surface area (Å²) in [6.07, 6.45) is 3.73. The summed E-state index contributed by atoms with van der Waals surface area (Å²) < 4.78 is 24.1. The Morgan fingerprint density at radius 1 is 1.33 bits per heavy atom. The molecule has 4 rings (SSSR count). The smallest absolute Gasteiger partial charge is 0.213 e. The Morgan fingerprint density at radius 2 is 2.19 bits per heavy atom. The summed E-state index contributed by atoms with van der Waals surface area (Å²) in [6.45, 7) is 3.14. The van der Waals surface area contributed by atoms with E-state index in [2.05, 4.69) is 14.8 Å². The molecule has 3 heterocycles. The number of hydrogen-bond acceptors (Lipinski definition) is 6. The first kappa shape index (κ1) is 17.9. The number of pyridine rings is 1. The van der Waals surface area contributed by atoms with Gasteiger partial charge in [-0.15, -0.1) is 0 Å². The third-order valence-corrected chi connectivity index (χ3v) is 5.45. The summed E-state index contributed by atoms with van der Waals surface area (Å²) in [5, 5.41) is 0.964. The lowest BCUT2D eigenvalue weighted by Crippen LogP contribution is -2.62. The van der Waals surface area contributed by atoms with Crippen LogP contribution in [0.2, 0.25) is 0 Å². The van der Waals surface area contributed by atoms with E-state index in [9.17, 15) is 4.39 Å². The van der Waals surface area contributed by atoms with Gasteiger partial charge in [-0.1, -0.05) is 11.8 Å². The van der Waals surface area contributed by atoms with Crippen molar-refractivity contribution < 1.29 is 13.9 Å². The van der Waals surface area contributed by atoms with Crippen molar-refractivity contribution in [1.82, 2.24) is 9.88 Å². The Kier molecular flexibility index (Phi) is 5.07. The molecule has 2 aromatic rings. The summed E-state index contributed by atoms with van der Waals surface area (Å²) in [5.41, 5.74) is 1.77. The minimum absolute atomic E-state index is 0.268. The average Bonchev–Trinajstić information content (AvgIpc) is 2.66. The van der Waals surface area contributed by atoms with E-state index in [1.807, 2.05) is 12.3 Å². The fourth-order valence-corrected chi connectivity index (χ4v) is 3.92. The molecule has 0 amide bonds. The van der Waals surface area contributed by atoms with Gasteiger partial charge in [-0.05, 0) is 24.5 Å². The van der Waals surface area contributed by atoms with Gasteiger partial charge in [0.15, 0.2) is 5.17 Å². The summed E-state index contributed by atoms with van der Waals surface area (Å²) in [4.78, 5) is 13.5. The number of hydrogen-bond donors (Lipinski definition) is 0. The van der Waals surface area contributed by atoms with Gasteiger partial charge in [0, 0.05) is 25.2 Å². The number of amidine groups is 1. The maximum atomic E-state index is 13.4. The highest BCUT2D eigenvalue weighted by atomic mass is 32.2. The van der Waals surface area contributed by atoms with Gasteiger partial charge < -0.3 is 19.3 Å². The first-order valence-electron chi connectivity index (χ1n) is 8.74. The van der Waals surface area contributed by atoms with Crippen LogP contribution in [0.3, 0.4) is 0 Å². The molecule has 1 saturated heterocycles. The first-order valence-corrected chi connectivity index (χ1v) is 9.97. The molecule has 8 heteroatoms. The molecule has 0 unspecified atom stereocenters. The van der Waals surface area contributed by atoms with Crippen LogP contribution in [-0.4, -0.2) is 60.7 Å². The molecule has 142 valence electrons. The van der Waals surface area contributed by atoms with Crippen LogP contribution in [0.25, 0.3) is 0 Å². The van der Waals surface area contributed by atoms with Gasteiger partial charge in [0.25, 0.3) is 0 Å². The Hall–Kier alpha value is -2.48. The minimum Gasteiger partial charge on any atom is -0.489 e. The van der Waals surface area contributed by atoms with Crippen molar-refractivity contribution in [3.63, 3.8) is 0 Å². The molecule has 0 spiro atoms. The molecule has 0 bridgehead atoms. The van der Waals surface area contributed by atoms with Crippen LogP contribution >= 0.6 is 11.8 Å². The van der Waals surface area contributed by atoms with Crippen LogP contribution in [0.4, 0.5) is 15.8 Å². The van der Waals surface area contributed by atoms with Crippen molar-refractivity contribution in [1.29, 1.82) is 0 Å². The van der Waals surface area contributed by atoms with E-state index < -0.39 is 0 Å². The van der Waals surface area contributed by atoms with Crippen LogP contribution in [0.1, 0.15) is 0 Å². The second kappa shape index (κ2) is 7.64. The number of halogens is 1. The first-order chi connectivity index (χ1) is 13.2. The molecule has 0 atom stereocenters. The van der Waals surface area contributed by atoms with Crippen LogP contribution in [0.5, 0.6) is 11.6 Å². The van der Waals surface area contributed by atoms with Crippen LogP contribution in [0, 0.1) is 5.82 Å². The lowest BCUT2D eigenvalue weighted by molar-refractivity contribution is 0.222. The van der Waals surface area contributed by atoms with E-state index in [0.29, 0.717) is 24.3 Å². The zero-order valence-corrected chi connectivity index (χ0v) is 16.1. The number of methoxy groups -OCH3 is 1. The molecule has 2 aliphatic rings. The molecule has 1 fully saturated rings. The molecule has 1 aromatic carbocycles. The highest BCUT2D eigenvalue weighted by molar-refractivity contribution is 8.13. The van der Waals surface area contributed by atoms with Gasteiger partial charge in [-0.2, -0.15) is 0 Å². The summed E-state index contributed by atoms with van der Waals surface area (Å²) in [7, 11) is 1.59. The van der Waals surface area contributed by atoms with Gasteiger partial charge in [0.2, 0.25) is 5.88 Å². The van der Waals surface area contributed by atoms with E-state index in [4.69, 9.17) is 14.5 Å². The Bertz CT molecular complexity index is 840. The zero-order chi connectivity index (χ0) is 18.8. The molecular formula is C19H21FN4O2S. The SMILES string of the molecule is COc1ccc(/N=C(/SC)N2CC(N3CCOc4cc(F)ccc43)C2)cn1. The van der Waals surface area contributed by atoms with Crippen LogP contribution < -0.4 is 14.4 Å². The number of nitrogens with zero attached hydrogens (tertiary/aromatic N) is 4. The fraction of sp³-hybridized carbons (Fsp3) is 0.368. The second-order valence-electron chi connectivity index (χ2n) is 6.37. The van der Waals surface area contributed by atoms with E-state index in [1.165, 1.54) is 12.1 Å². The lowest BCUT2D eigenvalue weighted by Gasteiger charge is -2.48. The van der Waals surface area contributed by atoms with Crippen molar-refractivity contribution in [3.05, 3.63) is 42.3 Å². The molecule has 0 saturated carbocycles. The Labute approximate surface area is 162 Å². The predicted molar refractivity (Wildman–Crippen MR) is 106 cm³/mol. The van der Waals surface area contributed by atoms with Crippen molar-refractivity contribution in [3.8, 4) is 11.6 Å². The van der Waals surface area contributed by atoms with Crippen molar-refractivity contribution in [2.45, 2.75) is 6.04 Å². The van der Waals surface area contributed by atoms with Crippen LogP contribution in [0.15, 0.2) is 41.5 Å². The summed E-state index contributed by atoms with van der Waals surface area (Å²) in [5.74, 6) is 0.935. The van der Waals surface area contributed by atoms with E-state index in [1.54, 1.807) is 37.2 Å². The molecule has 2 aliphatic heterocycles. The summed E-state index contributed by atoms with van der Waals surface area (Å²) >= 11 is 1.62. The molecule has 0 aliphatic carbocycles. The quantitative estimate of drug-likeness (QED) is 0.595. The average molecular weight is 388 g/mol. The monoisotopic (exact) mass is 388 g/mol. The van der Waals surface area contributed by atoms with Gasteiger partial charge >= 0.3 is 0 Å². The molecule has 6 nitrogen and oxygen atoms in total. The van der Waals surface area contributed by atoms with Gasteiger partial charge in [-0.25, -0.2) is 14.4 Å². The fourth-order valence-electron chi connectivity index (χ4n) is 3.32. The van der Waals surface area contributed by atoms with Gasteiger partial charge in [0.1, 0.15) is 18.2 Å². The third kappa shape index (κ3) is 3.66. The highest BCUT2D eigenvalue weighted by Gasteiger charge is 2.36. The number of thioether (sulfide) groups is 1. The highest BCUT2D eigenvalue weighted by Crippen LogP contribution is 2.35. The predicted octanol–water partition coefficient (Wildman–Crippen LogP) is 3.16. The number of anilines is 1. The number of aromatic nitrogens is 1. The minimum atomic E-state index is -0.268. The number of likely N-dealkylation sites (tertiary alicyclic amines) is 1. The van der Waals surface area contributed by atoms with Gasteiger partial charge in [0.05, 0.1) is 37.3 Å². The van der Waals surface area contributed by atoms with Crippen molar-refractivity contribution >= 4 is 28.3 Å². The molecule has 27 heavy (non-hydrogen) atoms. The number of fused-ring (bicyclic) bond motifs is 1. The second-order valence-corrected chi connectivity index (χ2v) is 7.14. The van der Waals surface area contributed by atoms with Crippen molar-refractivity contribution in [2.75, 3.05) is 44.5 Å². The number of ether oxygens (including phenoxy) is 2. The maximum absolute atomic E-state index is 13.4. The van der Waals surface area contributed by atoms with E-state index in [-0.39, 0.29) is 5.82 Å². The molecule has 1 aromatic heterocycles. The molecule has 0 N–H and O–H groups in total. The Morgan fingerprint density at radius 3 is 2.89 bits per heavy atom. The third-order valence-electron chi connectivity index (χ3n) is 4.73. The lowest BCUT2D eigenvalue weighted by atomic mass is 10.1. The molecule has 0 radical (unpaired) electrons. The van der Waals surface area contributed by atoms with E-state index >= 15 is 0 Å². The zero-order valence-electron chi connectivity index (χ0n) is 15.3. The number of benzene rings is 1. The van der Waals surface area contributed by atoms with Gasteiger partial charge in [-0.3, -0.25) is 0 Å². The molecular weight excluding hydrogens is 367 g/mol. The summed E-state index contributed by atoms with van der Waals surface area (Å²) in [6, 6.07) is 8.82. The number of aliphatic imine (C=N–C) groups is 1. The maximum Gasteiger partial charge on any atom is 0.213 e. The topological polar surface area (TPSA) is 50.2 Å². The Balaban J connectivity index is 1.44. The van der Waals surface area contributed by atoms with E-state index in [0.717, 1.165) is 36.2 Å². The standard InChI is InChI=1S/C19H21FN4O2S/c1-25-18-6-4-14(10-21-18)22-19(27-2)23-11-15(12-23)24-7-8-26-17-9-13(20)3-5-16(17)24/h3-6,9-10,15H,7-8,11-12H2,1-2H3/b22-19+. The van der Waals surface area contributed by atoms with Crippen LogP contribution in [-0.2, 0) is 0 Å². The number of rotatable bonds is 3. The van der Waals surface area contributed by atoms with Crippen molar-refractivity contribution in [2.24, 2.45) is 4.99 Å². The normalized spacial score (nSPS) is 17.2.